The van der Waals surface area contributed by atoms with Crippen LogP contribution in [0.4, 0.5) is 13.2 Å². The van der Waals surface area contributed by atoms with Gasteiger partial charge in [-0.25, -0.2) is 0 Å². The van der Waals surface area contributed by atoms with Crippen LogP contribution in [0, 0.1) is 0 Å². The number of benzene rings is 1. The summed E-state index contributed by atoms with van der Waals surface area (Å²) >= 11 is 5.61. The van der Waals surface area contributed by atoms with Gasteiger partial charge in [-0.05, 0) is 23.7 Å². The normalized spacial score (nSPS) is 11.8. The van der Waals surface area contributed by atoms with Gasteiger partial charge in [0.25, 0.3) is 0 Å². The minimum atomic E-state index is -4.44. The van der Waals surface area contributed by atoms with Crippen LogP contribution in [0.25, 0.3) is 11.3 Å². The van der Waals surface area contributed by atoms with Crippen molar-refractivity contribution in [2.75, 3.05) is 0 Å². The number of hydrogen-bond donors (Lipinski definition) is 1. The number of aromatic nitrogens is 1. The summed E-state index contributed by atoms with van der Waals surface area (Å²) < 4.78 is 42.3. The Kier molecular flexibility index (Phi) is 3.32. The molecule has 0 fully saturated rings. The van der Waals surface area contributed by atoms with Crippen LogP contribution in [0.5, 0.6) is 0 Å². The number of nitrogens with zero attached hydrogens (tertiary/aromatic N) is 1. The molecule has 1 aromatic carbocycles. The molecule has 0 aliphatic rings. The molecule has 0 saturated heterocycles. The predicted octanol–water partition coefficient (Wildman–Crippen LogP) is 3.51. The summed E-state index contributed by atoms with van der Waals surface area (Å²) in [6.45, 7) is -0.464. The Hall–Kier alpha value is -1.53. The van der Waals surface area contributed by atoms with E-state index in [1.165, 1.54) is 12.1 Å². The van der Waals surface area contributed by atoms with E-state index in [9.17, 15) is 13.2 Å². The van der Waals surface area contributed by atoms with Crippen molar-refractivity contribution in [2.45, 2.75) is 12.8 Å². The highest BCUT2D eigenvalue weighted by Crippen LogP contribution is 2.34. The summed E-state index contributed by atoms with van der Waals surface area (Å²) in [6, 6.07) is 4.56. The second kappa shape index (κ2) is 4.62. The van der Waals surface area contributed by atoms with Gasteiger partial charge in [-0.1, -0.05) is 17.3 Å². The molecule has 2 aromatic rings. The van der Waals surface area contributed by atoms with E-state index in [0.717, 1.165) is 12.1 Å². The zero-order valence-electron chi connectivity index (χ0n) is 8.83. The molecule has 2 rings (SSSR count). The molecule has 0 aliphatic heterocycles. The second-order valence-corrected chi connectivity index (χ2v) is 3.86. The molecule has 0 saturated carbocycles. The highest BCUT2D eigenvalue weighted by atomic mass is 35.5. The lowest BCUT2D eigenvalue weighted by atomic mass is 10.1. The Morgan fingerprint density at radius 1 is 1.33 bits per heavy atom. The van der Waals surface area contributed by atoms with Crippen molar-refractivity contribution in [3.05, 3.63) is 40.6 Å². The van der Waals surface area contributed by atoms with Crippen molar-refractivity contribution in [1.82, 2.24) is 5.16 Å². The molecule has 1 N–H and O–H groups in total. The number of alkyl halides is 3. The van der Waals surface area contributed by atoms with Crippen LogP contribution in [-0.2, 0) is 12.8 Å². The molecular weight excluding hydrogens is 271 g/mol. The van der Waals surface area contributed by atoms with E-state index in [1.54, 1.807) is 0 Å². The van der Waals surface area contributed by atoms with Gasteiger partial charge in [0.15, 0.2) is 0 Å². The number of aliphatic hydroxyl groups is 1. The van der Waals surface area contributed by atoms with Crippen LogP contribution < -0.4 is 0 Å². The fourth-order valence-corrected chi connectivity index (χ4v) is 1.68. The first kappa shape index (κ1) is 12.9. The van der Waals surface area contributed by atoms with E-state index in [0.29, 0.717) is 0 Å². The molecule has 0 amide bonds. The first-order chi connectivity index (χ1) is 8.43. The zero-order valence-corrected chi connectivity index (χ0v) is 9.59. The van der Waals surface area contributed by atoms with Gasteiger partial charge in [-0.2, -0.15) is 13.2 Å². The molecule has 18 heavy (non-hydrogen) atoms. The smallest absolute Gasteiger partial charge is 0.391 e. The SMILES string of the molecule is OCc1c(-c2cccc(C(F)(F)F)c2)noc1Cl. The molecule has 0 radical (unpaired) electrons. The lowest BCUT2D eigenvalue weighted by Gasteiger charge is -2.07. The topological polar surface area (TPSA) is 46.3 Å². The molecule has 3 nitrogen and oxygen atoms in total. The molecular formula is C11H7ClF3NO2. The maximum atomic E-state index is 12.6. The fourth-order valence-electron chi connectivity index (χ4n) is 1.50. The third-order valence-electron chi connectivity index (χ3n) is 2.36. The van der Waals surface area contributed by atoms with Crippen LogP contribution in [0.1, 0.15) is 11.1 Å². The zero-order chi connectivity index (χ0) is 13.3. The standard InChI is InChI=1S/C11H7ClF3NO2/c12-10-8(5-17)9(16-18-10)6-2-1-3-7(4-6)11(13,14)15/h1-4,17H,5H2. The molecule has 1 heterocycles. The van der Waals surface area contributed by atoms with E-state index in [4.69, 9.17) is 16.7 Å². The van der Waals surface area contributed by atoms with Gasteiger partial charge in [0, 0.05) is 5.56 Å². The number of aliphatic hydroxyl groups excluding tert-OH is 1. The maximum Gasteiger partial charge on any atom is 0.416 e. The van der Waals surface area contributed by atoms with Gasteiger partial charge in [-0.15, -0.1) is 0 Å². The van der Waals surface area contributed by atoms with E-state index in [-0.39, 0.29) is 22.0 Å². The van der Waals surface area contributed by atoms with Gasteiger partial charge in [0.05, 0.1) is 17.7 Å². The Bertz CT molecular complexity index is 566. The highest BCUT2D eigenvalue weighted by Gasteiger charge is 2.31. The summed E-state index contributed by atoms with van der Waals surface area (Å²) in [7, 11) is 0. The van der Waals surface area contributed by atoms with Crippen LogP contribution in [0.3, 0.4) is 0 Å². The second-order valence-electron chi connectivity index (χ2n) is 3.52. The minimum Gasteiger partial charge on any atom is -0.391 e. The van der Waals surface area contributed by atoms with Crippen molar-refractivity contribution in [3.8, 4) is 11.3 Å². The van der Waals surface area contributed by atoms with E-state index in [2.05, 4.69) is 9.68 Å². The van der Waals surface area contributed by atoms with Gasteiger partial charge in [-0.3, -0.25) is 0 Å². The molecule has 7 heteroatoms. The molecule has 0 spiro atoms. The van der Waals surface area contributed by atoms with Gasteiger partial charge in [0.1, 0.15) is 5.69 Å². The predicted molar refractivity (Wildman–Crippen MR) is 57.9 cm³/mol. The lowest BCUT2D eigenvalue weighted by Crippen LogP contribution is -2.04. The minimum absolute atomic E-state index is 0.105. The average molecular weight is 278 g/mol. The Balaban J connectivity index is 2.51. The van der Waals surface area contributed by atoms with Crippen molar-refractivity contribution in [3.63, 3.8) is 0 Å². The van der Waals surface area contributed by atoms with Gasteiger partial charge >= 0.3 is 6.18 Å². The third kappa shape index (κ3) is 2.34. The number of halogens is 4. The summed E-state index contributed by atoms with van der Waals surface area (Å²) in [5, 5.41) is 12.5. The molecule has 1 aromatic heterocycles. The van der Waals surface area contributed by atoms with E-state index in [1.807, 2.05) is 0 Å². The third-order valence-corrected chi connectivity index (χ3v) is 2.66. The molecule has 0 unspecified atom stereocenters. The first-order valence-electron chi connectivity index (χ1n) is 4.86. The van der Waals surface area contributed by atoms with Crippen LogP contribution >= 0.6 is 11.6 Å². The summed E-state index contributed by atoms with van der Waals surface area (Å²) in [6.07, 6.45) is -4.44. The molecule has 0 atom stereocenters. The van der Waals surface area contributed by atoms with Crippen LogP contribution in [0.2, 0.25) is 5.22 Å². The van der Waals surface area contributed by atoms with Crippen molar-refractivity contribution in [2.24, 2.45) is 0 Å². The average Bonchev–Trinajstić information content (AvgIpc) is 2.69. The Morgan fingerprint density at radius 2 is 2.06 bits per heavy atom. The summed E-state index contributed by atoms with van der Waals surface area (Å²) in [4.78, 5) is 0. The molecule has 96 valence electrons. The number of hydrogen-bond acceptors (Lipinski definition) is 3. The Labute approximate surface area is 105 Å². The van der Waals surface area contributed by atoms with Crippen LogP contribution in [0.15, 0.2) is 28.8 Å². The quantitative estimate of drug-likeness (QED) is 0.914. The summed E-state index contributed by atoms with van der Waals surface area (Å²) in [5.41, 5.74) is -0.350. The van der Waals surface area contributed by atoms with Crippen molar-refractivity contribution < 1.29 is 22.8 Å². The van der Waals surface area contributed by atoms with E-state index < -0.39 is 18.3 Å². The van der Waals surface area contributed by atoms with Gasteiger partial charge < -0.3 is 9.63 Å². The molecule has 0 bridgehead atoms. The van der Waals surface area contributed by atoms with Crippen LogP contribution in [-0.4, -0.2) is 10.3 Å². The van der Waals surface area contributed by atoms with Crippen molar-refractivity contribution in [1.29, 1.82) is 0 Å². The first-order valence-corrected chi connectivity index (χ1v) is 5.24. The van der Waals surface area contributed by atoms with Crippen molar-refractivity contribution >= 4 is 11.6 Å². The number of rotatable bonds is 2. The highest BCUT2D eigenvalue weighted by molar-refractivity contribution is 6.29. The van der Waals surface area contributed by atoms with Gasteiger partial charge in [0.2, 0.25) is 5.22 Å². The van der Waals surface area contributed by atoms with E-state index >= 15 is 0 Å². The largest absolute Gasteiger partial charge is 0.416 e. The lowest BCUT2D eigenvalue weighted by molar-refractivity contribution is -0.137. The summed E-state index contributed by atoms with van der Waals surface area (Å²) in [5.74, 6) is 0. The maximum absolute atomic E-state index is 12.6. The fraction of sp³-hybridized carbons (Fsp3) is 0.182. The Morgan fingerprint density at radius 3 is 2.67 bits per heavy atom. The molecule has 0 aliphatic carbocycles. The monoisotopic (exact) mass is 277 g/mol.